The molecular formula is C12H27Cl2N3O2. The van der Waals surface area contributed by atoms with E-state index in [0.717, 1.165) is 19.1 Å². The Labute approximate surface area is 128 Å². The molecule has 0 heterocycles. The fourth-order valence-electron chi connectivity index (χ4n) is 1.92. The third-order valence-electron chi connectivity index (χ3n) is 3.20. The molecule has 1 unspecified atom stereocenters. The SMILES string of the molecule is CCN(CCNC(=O)CC(CN)OC)C1CC1.Cl.Cl. The Morgan fingerprint density at radius 2 is 2.11 bits per heavy atom. The van der Waals surface area contributed by atoms with E-state index in [1.54, 1.807) is 7.11 Å². The molecule has 1 atom stereocenters. The molecule has 116 valence electrons. The topological polar surface area (TPSA) is 67.6 Å². The van der Waals surface area contributed by atoms with E-state index in [2.05, 4.69) is 17.1 Å². The van der Waals surface area contributed by atoms with Gasteiger partial charge in [-0.25, -0.2) is 0 Å². The summed E-state index contributed by atoms with van der Waals surface area (Å²) in [6.45, 7) is 5.25. The van der Waals surface area contributed by atoms with E-state index in [-0.39, 0.29) is 36.8 Å². The first kappa shape index (κ1) is 21.2. The van der Waals surface area contributed by atoms with Crippen LogP contribution >= 0.6 is 24.8 Å². The minimum Gasteiger partial charge on any atom is -0.380 e. The summed E-state index contributed by atoms with van der Waals surface area (Å²) in [5.74, 6) is 0.0224. The summed E-state index contributed by atoms with van der Waals surface area (Å²) in [6.07, 6.45) is 2.80. The zero-order valence-corrected chi connectivity index (χ0v) is 13.4. The Kier molecular flexibility index (Phi) is 13.1. The summed E-state index contributed by atoms with van der Waals surface area (Å²) in [7, 11) is 1.58. The summed E-state index contributed by atoms with van der Waals surface area (Å²) in [5.41, 5.74) is 5.46. The molecule has 7 heteroatoms. The van der Waals surface area contributed by atoms with Crippen molar-refractivity contribution in [3.63, 3.8) is 0 Å². The van der Waals surface area contributed by atoms with Gasteiger partial charge in [0.2, 0.25) is 5.91 Å². The monoisotopic (exact) mass is 315 g/mol. The predicted octanol–water partition coefficient (Wildman–Crippen LogP) is 0.794. The van der Waals surface area contributed by atoms with Crippen molar-refractivity contribution in [3.8, 4) is 0 Å². The Bertz CT molecular complexity index is 237. The van der Waals surface area contributed by atoms with Crippen molar-refractivity contribution in [1.82, 2.24) is 10.2 Å². The van der Waals surface area contributed by atoms with Crippen LogP contribution in [0.15, 0.2) is 0 Å². The summed E-state index contributed by atoms with van der Waals surface area (Å²) in [4.78, 5) is 14.0. The van der Waals surface area contributed by atoms with Gasteiger partial charge >= 0.3 is 0 Å². The number of nitrogens with zero attached hydrogens (tertiary/aromatic N) is 1. The molecular weight excluding hydrogens is 289 g/mol. The van der Waals surface area contributed by atoms with Crippen LogP contribution in [-0.4, -0.2) is 56.2 Å². The third kappa shape index (κ3) is 8.65. The number of carbonyl (C=O) groups excluding carboxylic acids is 1. The summed E-state index contributed by atoms with van der Waals surface area (Å²) < 4.78 is 5.07. The van der Waals surface area contributed by atoms with Crippen LogP contribution in [0.2, 0.25) is 0 Å². The van der Waals surface area contributed by atoms with E-state index in [1.165, 1.54) is 12.8 Å². The summed E-state index contributed by atoms with van der Waals surface area (Å²) in [6, 6.07) is 0.757. The average Bonchev–Trinajstić information content (AvgIpc) is 3.16. The van der Waals surface area contributed by atoms with Crippen molar-refractivity contribution < 1.29 is 9.53 Å². The van der Waals surface area contributed by atoms with Gasteiger partial charge in [0.1, 0.15) is 0 Å². The fourth-order valence-corrected chi connectivity index (χ4v) is 1.92. The Balaban J connectivity index is 0. The lowest BCUT2D eigenvalue weighted by Gasteiger charge is -2.20. The number of rotatable bonds is 9. The first-order chi connectivity index (χ1) is 8.21. The lowest BCUT2D eigenvalue weighted by atomic mass is 10.2. The maximum Gasteiger partial charge on any atom is 0.222 e. The molecule has 0 aromatic carbocycles. The Hall–Kier alpha value is -0.0700. The molecule has 0 aromatic rings. The van der Waals surface area contributed by atoms with Gasteiger partial charge in [-0.2, -0.15) is 0 Å². The van der Waals surface area contributed by atoms with Crippen LogP contribution in [-0.2, 0) is 9.53 Å². The lowest BCUT2D eigenvalue weighted by Crippen LogP contribution is -2.38. The van der Waals surface area contributed by atoms with Gasteiger partial charge in [0.15, 0.2) is 0 Å². The van der Waals surface area contributed by atoms with E-state index in [1.807, 2.05) is 0 Å². The van der Waals surface area contributed by atoms with E-state index >= 15 is 0 Å². The van der Waals surface area contributed by atoms with Crippen molar-refractivity contribution in [3.05, 3.63) is 0 Å². The van der Waals surface area contributed by atoms with Gasteiger partial charge in [-0.15, -0.1) is 24.8 Å². The molecule has 19 heavy (non-hydrogen) atoms. The molecule has 1 aliphatic rings. The molecule has 5 nitrogen and oxygen atoms in total. The highest BCUT2D eigenvalue weighted by Gasteiger charge is 2.27. The number of amides is 1. The maximum absolute atomic E-state index is 11.6. The van der Waals surface area contributed by atoms with E-state index in [9.17, 15) is 4.79 Å². The van der Waals surface area contributed by atoms with Crippen LogP contribution < -0.4 is 11.1 Å². The van der Waals surface area contributed by atoms with Crippen LogP contribution in [0.25, 0.3) is 0 Å². The zero-order valence-electron chi connectivity index (χ0n) is 11.8. The third-order valence-corrected chi connectivity index (χ3v) is 3.20. The van der Waals surface area contributed by atoms with Gasteiger partial charge in [0, 0.05) is 32.8 Å². The second kappa shape index (κ2) is 11.7. The maximum atomic E-state index is 11.6. The number of nitrogens with two attached hydrogens (primary N) is 1. The average molecular weight is 316 g/mol. The van der Waals surface area contributed by atoms with Gasteiger partial charge in [-0.05, 0) is 19.4 Å². The summed E-state index contributed by atoms with van der Waals surface area (Å²) >= 11 is 0. The van der Waals surface area contributed by atoms with E-state index < -0.39 is 0 Å². The van der Waals surface area contributed by atoms with Crippen LogP contribution in [0.4, 0.5) is 0 Å². The number of hydrogen-bond donors (Lipinski definition) is 2. The first-order valence-corrected chi connectivity index (χ1v) is 6.44. The van der Waals surface area contributed by atoms with E-state index in [0.29, 0.717) is 19.5 Å². The van der Waals surface area contributed by atoms with Crippen LogP contribution in [0, 0.1) is 0 Å². The van der Waals surface area contributed by atoms with E-state index in [4.69, 9.17) is 10.5 Å². The number of ether oxygens (including phenoxy) is 1. The molecule has 0 saturated heterocycles. The highest BCUT2D eigenvalue weighted by atomic mass is 35.5. The highest BCUT2D eigenvalue weighted by molar-refractivity contribution is 5.85. The number of methoxy groups -OCH3 is 1. The Morgan fingerprint density at radius 3 is 2.53 bits per heavy atom. The number of halogens is 2. The Morgan fingerprint density at radius 1 is 1.47 bits per heavy atom. The van der Waals surface area contributed by atoms with Crippen LogP contribution in [0.1, 0.15) is 26.2 Å². The lowest BCUT2D eigenvalue weighted by molar-refractivity contribution is -0.123. The molecule has 0 bridgehead atoms. The molecule has 1 fully saturated rings. The number of nitrogens with one attached hydrogen (secondary N) is 1. The molecule has 1 saturated carbocycles. The molecule has 0 aliphatic heterocycles. The van der Waals surface area contributed by atoms with Gasteiger partial charge in [0.25, 0.3) is 0 Å². The molecule has 3 N–H and O–H groups in total. The first-order valence-electron chi connectivity index (χ1n) is 6.44. The minimum atomic E-state index is -0.166. The molecule has 0 spiro atoms. The predicted molar refractivity (Wildman–Crippen MR) is 82.2 cm³/mol. The number of hydrogen-bond acceptors (Lipinski definition) is 4. The molecule has 1 aliphatic carbocycles. The van der Waals surface area contributed by atoms with Crippen LogP contribution in [0.3, 0.4) is 0 Å². The fraction of sp³-hybridized carbons (Fsp3) is 0.917. The van der Waals surface area contributed by atoms with Gasteiger partial charge < -0.3 is 15.8 Å². The minimum absolute atomic E-state index is 0. The van der Waals surface area contributed by atoms with Gasteiger partial charge in [-0.3, -0.25) is 9.69 Å². The van der Waals surface area contributed by atoms with Gasteiger partial charge in [0.05, 0.1) is 12.5 Å². The number of likely N-dealkylation sites (N-methyl/N-ethyl adjacent to an activating group) is 1. The van der Waals surface area contributed by atoms with Gasteiger partial charge in [-0.1, -0.05) is 6.92 Å². The van der Waals surface area contributed by atoms with Crippen LogP contribution in [0.5, 0.6) is 0 Å². The molecule has 1 rings (SSSR count). The second-order valence-corrected chi connectivity index (χ2v) is 4.51. The number of carbonyl (C=O) groups is 1. The summed E-state index contributed by atoms with van der Waals surface area (Å²) in [5, 5.41) is 2.91. The highest BCUT2D eigenvalue weighted by Crippen LogP contribution is 2.25. The largest absolute Gasteiger partial charge is 0.380 e. The molecule has 1 amide bonds. The normalized spacial score (nSPS) is 15.4. The van der Waals surface area contributed by atoms with Crippen molar-refractivity contribution in [2.75, 3.05) is 33.3 Å². The molecule has 0 radical (unpaired) electrons. The standard InChI is InChI=1S/C12H25N3O2.2ClH/c1-3-15(10-4-5-10)7-6-14-12(16)8-11(9-13)17-2;;/h10-11H,3-9,13H2,1-2H3,(H,14,16);2*1H. The smallest absolute Gasteiger partial charge is 0.222 e. The van der Waals surface area contributed by atoms with Crippen molar-refractivity contribution >= 4 is 30.7 Å². The van der Waals surface area contributed by atoms with Crippen molar-refractivity contribution in [1.29, 1.82) is 0 Å². The quantitative estimate of drug-likeness (QED) is 0.660. The van der Waals surface area contributed by atoms with Crippen molar-refractivity contribution in [2.24, 2.45) is 5.73 Å². The molecule has 0 aromatic heterocycles. The second-order valence-electron chi connectivity index (χ2n) is 4.51. The van der Waals surface area contributed by atoms with Crippen molar-refractivity contribution in [2.45, 2.75) is 38.3 Å². The zero-order chi connectivity index (χ0) is 12.7.